The molecule has 0 bridgehead atoms. The van der Waals surface area contributed by atoms with Gasteiger partial charge in [0.1, 0.15) is 0 Å². The van der Waals surface area contributed by atoms with Gasteiger partial charge in [-0.25, -0.2) is 0 Å². The van der Waals surface area contributed by atoms with Gasteiger partial charge in [-0.1, -0.05) is 6.92 Å². The summed E-state index contributed by atoms with van der Waals surface area (Å²) in [6.45, 7) is 0.449. The Labute approximate surface area is 104 Å². The van der Waals surface area contributed by atoms with Crippen molar-refractivity contribution in [3.05, 3.63) is 0 Å². The largest absolute Gasteiger partial charge is 1.00 e. The van der Waals surface area contributed by atoms with Crippen LogP contribution in [-0.2, 0) is 18.7 Å². The first-order chi connectivity index (χ1) is 5.99. The molecule has 0 amide bonds. The average Bonchev–Trinajstić information content (AvgIpc) is 2.04. The summed E-state index contributed by atoms with van der Waals surface area (Å²) in [7, 11) is -2.98. The van der Waals surface area contributed by atoms with Crippen LogP contribution < -0.4 is 34.7 Å². The fourth-order valence-corrected chi connectivity index (χ4v) is 1.33. The molecular weight excluding hydrogens is 222 g/mol. The zero-order valence-corrected chi connectivity index (χ0v) is 11.0. The molecule has 6 nitrogen and oxygen atoms in total. The molecular formula is C6H10NaO6P. The van der Waals surface area contributed by atoms with Crippen LogP contribution in [0.15, 0.2) is 0 Å². The summed E-state index contributed by atoms with van der Waals surface area (Å²) in [4.78, 5) is 21.0. The molecule has 0 aliphatic carbocycles. The first-order valence-corrected chi connectivity index (χ1v) is 4.82. The van der Waals surface area contributed by atoms with Crippen LogP contribution in [0.1, 0.15) is 13.3 Å². The first kappa shape index (κ1) is 16.7. The predicted molar refractivity (Wildman–Crippen MR) is 41.0 cm³/mol. The summed E-state index contributed by atoms with van der Waals surface area (Å²) in [5.41, 5.74) is -0.809. The summed E-state index contributed by atoms with van der Waals surface area (Å²) < 4.78 is 14.9. The molecule has 0 saturated carbocycles. The minimum absolute atomic E-state index is 0. The van der Waals surface area contributed by atoms with E-state index in [0.29, 0.717) is 0 Å². The number of carbonyl (C=O) groups is 2. The number of hydrogen-bond acceptors (Lipinski definition) is 6. The molecule has 0 saturated heterocycles. The smallest absolute Gasteiger partial charge is 0.550 e. The Kier molecular flexibility index (Phi) is 10.2. The predicted octanol–water partition coefficient (Wildman–Crippen LogP) is -4.27. The van der Waals surface area contributed by atoms with Gasteiger partial charge in [-0.05, 0) is 0 Å². The SMILES string of the molecule is CC(CC(=O)[PH](=O)OCO)C(=O)[O-].[Na+]. The van der Waals surface area contributed by atoms with Crippen LogP contribution in [0.3, 0.4) is 0 Å². The van der Waals surface area contributed by atoms with Gasteiger partial charge < -0.3 is 15.0 Å². The number of carboxylic acids is 1. The van der Waals surface area contributed by atoms with Crippen molar-refractivity contribution in [3.8, 4) is 0 Å². The van der Waals surface area contributed by atoms with E-state index in [9.17, 15) is 19.3 Å². The van der Waals surface area contributed by atoms with E-state index in [1.807, 2.05) is 0 Å². The minimum atomic E-state index is -2.98. The summed E-state index contributed by atoms with van der Waals surface area (Å²) >= 11 is 0. The van der Waals surface area contributed by atoms with E-state index in [0.717, 1.165) is 0 Å². The van der Waals surface area contributed by atoms with Crippen molar-refractivity contribution in [1.29, 1.82) is 0 Å². The molecule has 0 rings (SSSR count). The molecule has 0 aromatic heterocycles. The monoisotopic (exact) mass is 232 g/mol. The Morgan fingerprint density at radius 3 is 2.43 bits per heavy atom. The van der Waals surface area contributed by atoms with Crippen molar-refractivity contribution >= 4 is 19.5 Å². The number of aliphatic hydroxyl groups excluding tert-OH is 1. The maximum absolute atomic E-state index is 10.9. The van der Waals surface area contributed by atoms with Crippen LogP contribution in [0.2, 0.25) is 0 Å². The third kappa shape index (κ3) is 6.70. The average molecular weight is 232 g/mol. The second kappa shape index (κ2) is 8.59. The standard InChI is InChI=1S/C6H11O6P.Na/c1-4(6(9)10)2-5(8)13(11)12-3-7;/h4,7,13H,2-3H2,1H3,(H,9,10);/q;+1/p-1. The van der Waals surface area contributed by atoms with E-state index in [1.54, 1.807) is 0 Å². The van der Waals surface area contributed by atoms with Gasteiger partial charge in [0.2, 0.25) is 5.52 Å². The first-order valence-electron chi connectivity index (χ1n) is 3.50. The Bertz CT molecular complexity index is 230. The summed E-state index contributed by atoms with van der Waals surface area (Å²) in [5.74, 6) is -2.38. The summed E-state index contributed by atoms with van der Waals surface area (Å²) in [6, 6.07) is 0. The molecule has 0 aromatic rings. The molecule has 0 heterocycles. The van der Waals surface area contributed by atoms with Crippen molar-refractivity contribution in [3.63, 3.8) is 0 Å². The van der Waals surface area contributed by atoms with Crippen LogP contribution >= 0.6 is 8.03 Å². The van der Waals surface area contributed by atoms with E-state index in [2.05, 4.69) is 4.52 Å². The van der Waals surface area contributed by atoms with Crippen LogP contribution in [0.4, 0.5) is 0 Å². The molecule has 0 aromatic carbocycles. The molecule has 0 aliphatic heterocycles. The van der Waals surface area contributed by atoms with Gasteiger partial charge in [0.05, 0.1) is 0 Å². The third-order valence-corrected chi connectivity index (χ3v) is 2.37. The molecule has 1 N–H and O–H groups in total. The third-order valence-electron chi connectivity index (χ3n) is 1.32. The molecule has 2 unspecified atom stereocenters. The van der Waals surface area contributed by atoms with E-state index in [-0.39, 0.29) is 29.6 Å². The van der Waals surface area contributed by atoms with E-state index in [4.69, 9.17) is 5.11 Å². The fourth-order valence-electron chi connectivity index (χ4n) is 0.584. The summed E-state index contributed by atoms with van der Waals surface area (Å²) in [6.07, 6.45) is -0.403. The zero-order valence-electron chi connectivity index (χ0n) is 7.98. The maximum Gasteiger partial charge on any atom is 1.00 e. The second-order valence-electron chi connectivity index (χ2n) is 2.41. The molecule has 0 radical (unpaired) electrons. The van der Waals surface area contributed by atoms with Crippen molar-refractivity contribution < 1.29 is 58.4 Å². The second-order valence-corrected chi connectivity index (χ2v) is 3.83. The molecule has 0 aliphatic rings. The van der Waals surface area contributed by atoms with E-state index in [1.165, 1.54) is 6.92 Å². The van der Waals surface area contributed by atoms with Crippen LogP contribution in [0, 0.1) is 5.92 Å². The Hall–Kier alpha value is 0.290. The van der Waals surface area contributed by atoms with Crippen LogP contribution in [0.5, 0.6) is 0 Å². The molecule has 8 heteroatoms. The molecule has 2 atom stereocenters. The number of aliphatic hydroxyl groups is 1. The Morgan fingerprint density at radius 2 is 2.07 bits per heavy atom. The molecule has 0 fully saturated rings. The normalized spacial score (nSPS) is 13.9. The number of rotatable bonds is 6. The van der Waals surface area contributed by atoms with Crippen molar-refractivity contribution in [1.82, 2.24) is 0 Å². The van der Waals surface area contributed by atoms with Crippen molar-refractivity contribution in [2.45, 2.75) is 13.3 Å². The zero-order chi connectivity index (χ0) is 10.4. The molecule has 0 spiro atoms. The number of carbonyl (C=O) groups excluding carboxylic acids is 2. The van der Waals surface area contributed by atoms with E-state index < -0.39 is 38.7 Å². The van der Waals surface area contributed by atoms with Gasteiger partial charge in [-0.2, -0.15) is 0 Å². The number of aliphatic carboxylic acids is 1. The maximum atomic E-state index is 10.9. The van der Waals surface area contributed by atoms with Gasteiger partial charge in [-0.3, -0.25) is 13.9 Å². The summed E-state index contributed by atoms with van der Waals surface area (Å²) in [5, 5.41) is 18.3. The Balaban J connectivity index is 0. The van der Waals surface area contributed by atoms with Crippen LogP contribution in [-0.4, -0.2) is 23.4 Å². The van der Waals surface area contributed by atoms with Gasteiger partial charge in [-0.15, -0.1) is 0 Å². The Morgan fingerprint density at radius 1 is 1.57 bits per heavy atom. The minimum Gasteiger partial charge on any atom is -0.550 e. The van der Waals surface area contributed by atoms with Crippen LogP contribution in [0.25, 0.3) is 0 Å². The topological polar surface area (TPSA) is 104 Å². The fraction of sp³-hybridized carbons (Fsp3) is 0.667. The van der Waals surface area contributed by atoms with E-state index >= 15 is 0 Å². The quantitative estimate of drug-likeness (QED) is 0.282. The molecule has 14 heavy (non-hydrogen) atoms. The van der Waals surface area contributed by atoms with Gasteiger partial charge >= 0.3 is 29.6 Å². The van der Waals surface area contributed by atoms with Gasteiger partial charge in [0.25, 0.3) is 8.03 Å². The molecule has 76 valence electrons. The van der Waals surface area contributed by atoms with Gasteiger partial charge in [0, 0.05) is 18.3 Å². The van der Waals surface area contributed by atoms with Crippen molar-refractivity contribution in [2.75, 3.05) is 6.79 Å². The number of hydrogen-bond donors (Lipinski definition) is 1. The number of carboxylic acid groups (broad SMARTS) is 1. The van der Waals surface area contributed by atoms with Gasteiger partial charge in [0.15, 0.2) is 6.79 Å². The van der Waals surface area contributed by atoms with Crippen molar-refractivity contribution in [2.24, 2.45) is 5.92 Å².